The first-order valence-electron chi connectivity index (χ1n) is 8.26. The molecule has 2 N–H and O–H groups in total. The predicted octanol–water partition coefficient (Wildman–Crippen LogP) is 2.56. The molecule has 1 aliphatic heterocycles. The van der Waals surface area contributed by atoms with Crippen molar-refractivity contribution in [3.05, 3.63) is 0 Å². The average molecular weight is 269 g/mol. The summed E-state index contributed by atoms with van der Waals surface area (Å²) in [5.74, 6) is 0.893. The normalized spacial score (nSPS) is 20.1. The number of piperidine rings is 1. The summed E-state index contributed by atoms with van der Waals surface area (Å²) >= 11 is 0. The van der Waals surface area contributed by atoms with Crippen LogP contribution in [0.5, 0.6) is 0 Å². The number of hydrogen-bond donors (Lipinski definition) is 1. The van der Waals surface area contributed by atoms with E-state index in [9.17, 15) is 0 Å². The number of hydrogen-bond acceptors (Lipinski definition) is 3. The molecule has 0 saturated carbocycles. The Hall–Kier alpha value is -0.120. The van der Waals surface area contributed by atoms with Crippen molar-refractivity contribution in [2.45, 2.75) is 57.9 Å². The van der Waals surface area contributed by atoms with Crippen molar-refractivity contribution in [1.29, 1.82) is 0 Å². The quantitative estimate of drug-likeness (QED) is 0.653. The number of rotatable bonds is 9. The third kappa shape index (κ3) is 6.73. The smallest absolute Gasteiger partial charge is 0.0218 e. The zero-order valence-corrected chi connectivity index (χ0v) is 13.4. The maximum atomic E-state index is 5.98. The highest BCUT2D eigenvalue weighted by Crippen LogP contribution is 2.21. The van der Waals surface area contributed by atoms with Crippen molar-refractivity contribution >= 4 is 0 Å². The Morgan fingerprint density at radius 3 is 2.37 bits per heavy atom. The summed E-state index contributed by atoms with van der Waals surface area (Å²) in [7, 11) is 4.37. The monoisotopic (exact) mass is 269 g/mol. The maximum Gasteiger partial charge on any atom is 0.0218 e. The Balaban J connectivity index is 2.23. The van der Waals surface area contributed by atoms with Gasteiger partial charge in [-0.3, -0.25) is 4.90 Å². The van der Waals surface area contributed by atoms with Crippen molar-refractivity contribution in [1.82, 2.24) is 9.80 Å². The Labute approximate surface area is 120 Å². The lowest BCUT2D eigenvalue weighted by Crippen LogP contribution is -2.46. The first-order chi connectivity index (χ1) is 9.17. The van der Waals surface area contributed by atoms with Gasteiger partial charge in [-0.15, -0.1) is 0 Å². The molecule has 1 unspecified atom stereocenters. The average Bonchev–Trinajstić information content (AvgIpc) is 2.40. The van der Waals surface area contributed by atoms with Gasteiger partial charge in [0.25, 0.3) is 0 Å². The molecule has 1 fully saturated rings. The lowest BCUT2D eigenvalue weighted by Gasteiger charge is -2.38. The van der Waals surface area contributed by atoms with Gasteiger partial charge in [0.15, 0.2) is 0 Å². The molecule has 1 atom stereocenters. The summed E-state index contributed by atoms with van der Waals surface area (Å²) in [4.78, 5) is 4.98. The third-order valence-electron chi connectivity index (χ3n) is 4.45. The van der Waals surface area contributed by atoms with Gasteiger partial charge in [-0.05, 0) is 52.4 Å². The van der Waals surface area contributed by atoms with E-state index < -0.39 is 0 Å². The molecule has 0 spiro atoms. The van der Waals surface area contributed by atoms with Crippen LogP contribution in [-0.2, 0) is 0 Å². The van der Waals surface area contributed by atoms with Crippen LogP contribution < -0.4 is 5.73 Å². The van der Waals surface area contributed by atoms with Crippen LogP contribution in [0.15, 0.2) is 0 Å². The molecule has 0 aliphatic carbocycles. The largest absolute Gasteiger partial charge is 0.329 e. The number of likely N-dealkylation sites (tertiary alicyclic amines) is 1. The van der Waals surface area contributed by atoms with Gasteiger partial charge in [-0.1, -0.05) is 32.6 Å². The standard InChI is InChI=1S/C16H35N3/c1-4-5-6-7-8-16(13-17)19-11-9-15(10-12-19)14-18(2)3/h15-16H,4-14,17H2,1-3H3. The van der Waals surface area contributed by atoms with E-state index in [2.05, 4.69) is 30.8 Å². The molecule has 1 rings (SSSR count). The van der Waals surface area contributed by atoms with Crippen LogP contribution in [0.3, 0.4) is 0 Å². The van der Waals surface area contributed by atoms with Crippen molar-refractivity contribution in [2.24, 2.45) is 11.7 Å². The van der Waals surface area contributed by atoms with Crippen LogP contribution in [0.2, 0.25) is 0 Å². The van der Waals surface area contributed by atoms with Crippen molar-refractivity contribution in [2.75, 3.05) is 40.3 Å². The predicted molar refractivity (Wildman–Crippen MR) is 84.5 cm³/mol. The zero-order valence-electron chi connectivity index (χ0n) is 13.4. The number of nitrogens with two attached hydrogens (primary N) is 1. The molecular weight excluding hydrogens is 234 g/mol. The fourth-order valence-electron chi connectivity index (χ4n) is 3.27. The summed E-state index contributed by atoms with van der Waals surface area (Å²) < 4.78 is 0. The minimum absolute atomic E-state index is 0.636. The van der Waals surface area contributed by atoms with E-state index in [-0.39, 0.29) is 0 Å². The second kappa shape index (κ2) is 9.73. The van der Waals surface area contributed by atoms with E-state index >= 15 is 0 Å². The molecule has 1 aliphatic rings. The molecule has 0 radical (unpaired) electrons. The highest BCUT2D eigenvalue weighted by atomic mass is 15.2. The summed E-state index contributed by atoms with van der Waals surface area (Å²) in [5.41, 5.74) is 5.98. The molecule has 0 aromatic carbocycles. The van der Waals surface area contributed by atoms with Crippen LogP contribution >= 0.6 is 0 Å². The van der Waals surface area contributed by atoms with Gasteiger partial charge in [-0.2, -0.15) is 0 Å². The fourth-order valence-corrected chi connectivity index (χ4v) is 3.27. The Morgan fingerprint density at radius 1 is 1.16 bits per heavy atom. The highest BCUT2D eigenvalue weighted by molar-refractivity contribution is 4.80. The molecule has 114 valence electrons. The van der Waals surface area contributed by atoms with Crippen molar-refractivity contribution in [3.8, 4) is 0 Å². The summed E-state index contributed by atoms with van der Waals surface area (Å²) in [6.45, 7) is 6.88. The van der Waals surface area contributed by atoms with E-state index in [0.717, 1.165) is 12.5 Å². The van der Waals surface area contributed by atoms with Gasteiger partial charge in [0.05, 0.1) is 0 Å². The van der Waals surface area contributed by atoms with Crippen LogP contribution in [0.25, 0.3) is 0 Å². The van der Waals surface area contributed by atoms with Crippen LogP contribution in [0, 0.1) is 5.92 Å². The van der Waals surface area contributed by atoms with Gasteiger partial charge >= 0.3 is 0 Å². The van der Waals surface area contributed by atoms with E-state index in [4.69, 9.17) is 5.73 Å². The minimum Gasteiger partial charge on any atom is -0.329 e. The molecule has 0 amide bonds. The first-order valence-corrected chi connectivity index (χ1v) is 8.26. The minimum atomic E-state index is 0.636. The molecule has 0 bridgehead atoms. The van der Waals surface area contributed by atoms with Gasteiger partial charge in [0.2, 0.25) is 0 Å². The number of unbranched alkanes of at least 4 members (excludes halogenated alkanes) is 3. The molecule has 19 heavy (non-hydrogen) atoms. The summed E-state index contributed by atoms with van der Waals surface area (Å²) in [6.07, 6.45) is 9.44. The van der Waals surface area contributed by atoms with Crippen molar-refractivity contribution in [3.63, 3.8) is 0 Å². The maximum absolute atomic E-state index is 5.98. The second-order valence-corrected chi connectivity index (χ2v) is 6.48. The van der Waals surface area contributed by atoms with Crippen LogP contribution in [0.1, 0.15) is 51.9 Å². The Kier molecular flexibility index (Phi) is 8.67. The van der Waals surface area contributed by atoms with Crippen molar-refractivity contribution < 1.29 is 0 Å². The molecule has 1 heterocycles. The van der Waals surface area contributed by atoms with E-state index in [0.29, 0.717) is 6.04 Å². The highest BCUT2D eigenvalue weighted by Gasteiger charge is 2.24. The molecule has 0 aromatic rings. The van der Waals surface area contributed by atoms with E-state index in [1.54, 1.807) is 0 Å². The van der Waals surface area contributed by atoms with Crippen LogP contribution in [0.4, 0.5) is 0 Å². The molecule has 3 nitrogen and oxygen atoms in total. The third-order valence-corrected chi connectivity index (χ3v) is 4.45. The lowest BCUT2D eigenvalue weighted by molar-refractivity contribution is 0.116. The molecular formula is C16H35N3. The van der Waals surface area contributed by atoms with Crippen LogP contribution in [-0.4, -0.2) is 56.1 Å². The molecule has 0 aromatic heterocycles. The summed E-state index contributed by atoms with van der Waals surface area (Å²) in [5, 5.41) is 0. The fraction of sp³-hybridized carbons (Fsp3) is 1.00. The topological polar surface area (TPSA) is 32.5 Å². The molecule has 1 saturated heterocycles. The Morgan fingerprint density at radius 2 is 1.84 bits per heavy atom. The van der Waals surface area contributed by atoms with Gasteiger partial charge < -0.3 is 10.6 Å². The first kappa shape index (κ1) is 16.9. The van der Waals surface area contributed by atoms with E-state index in [1.807, 2.05) is 0 Å². The second-order valence-electron chi connectivity index (χ2n) is 6.48. The zero-order chi connectivity index (χ0) is 14.1. The van der Waals surface area contributed by atoms with E-state index in [1.165, 1.54) is 64.6 Å². The Bertz CT molecular complexity index is 210. The van der Waals surface area contributed by atoms with Gasteiger partial charge in [0, 0.05) is 19.1 Å². The van der Waals surface area contributed by atoms with Gasteiger partial charge in [0.1, 0.15) is 0 Å². The SMILES string of the molecule is CCCCCCC(CN)N1CCC(CN(C)C)CC1. The lowest BCUT2D eigenvalue weighted by atomic mass is 9.94. The molecule has 3 heteroatoms. The summed E-state index contributed by atoms with van der Waals surface area (Å²) in [6, 6.07) is 0.636. The number of nitrogens with zero attached hydrogens (tertiary/aromatic N) is 2. The van der Waals surface area contributed by atoms with Gasteiger partial charge in [-0.25, -0.2) is 0 Å².